The number of halogens is 1. The van der Waals surface area contributed by atoms with Crippen LogP contribution in [0.15, 0.2) is 64.1 Å². The van der Waals surface area contributed by atoms with Gasteiger partial charge in [-0.15, -0.1) is 0 Å². The van der Waals surface area contributed by atoms with E-state index in [1.54, 1.807) is 30.3 Å². The molecule has 2 aromatic carbocycles. The molecule has 1 aliphatic heterocycles. The predicted molar refractivity (Wildman–Crippen MR) is 106 cm³/mol. The molecule has 0 spiro atoms. The number of Topliss-reactive ketones (excluding diaryl/α,β-unsaturated/α-hetero) is 2. The number of aliphatic hydroxyl groups is 1. The number of benzene rings is 2. The number of nitrogens with zero attached hydrogens (tertiary/aromatic N) is 1. The van der Waals surface area contributed by atoms with Gasteiger partial charge in [-0.2, -0.15) is 0 Å². The Kier molecular flexibility index (Phi) is 4.46. The molecule has 29 heavy (non-hydrogen) atoms. The first-order valence-electron chi connectivity index (χ1n) is 8.50. The van der Waals surface area contributed by atoms with Gasteiger partial charge in [0.05, 0.1) is 10.5 Å². The summed E-state index contributed by atoms with van der Waals surface area (Å²) in [5.74, 6) is -3.49. The Bertz CT molecular complexity index is 1170. The third-order valence-corrected chi connectivity index (χ3v) is 5.34. The molecule has 2 N–H and O–H groups in total. The van der Waals surface area contributed by atoms with Crippen molar-refractivity contribution in [3.63, 3.8) is 0 Å². The molecule has 0 saturated heterocycles. The van der Waals surface area contributed by atoms with E-state index in [1.165, 1.54) is 19.2 Å². The van der Waals surface area contributed by atoms with Crippen molar-refractivity contribution in [1.82, 2.24) is 5.32 Å². The molecule has 8 nitrogen and oxygen atoms in total. The lowest BCUT2D eigenvalue weighted by Gasteiger charge is -2.28. The smallest absolute Gasteiger partial charge is 0.317 e. The van der Waals surface area contributed by atoms with E-state index in [0.29, 0.717) is 4.47 Å². The van der Waals surface area contributed by atoms with E-state index in [-0.39, 0.29) is 33.9 Å². The molecule has 1 aliphatic carbocycles. The van der Waals surface area contributed by atoms with Crippen LogP contribution in [-0.2, 0) is 4.79 Å². The van der Waals surface area contributed by atoms with Crippen LogP contribution in [0.25, 0.3) is 5.76 Å². The van der Waals surface area contributed by atoms with Crippen LogP contribution in [0.4, 0.5) is 0 Å². The van der Waals surface area contributed by atoms with Gasteiger partial charge in [0.1, 0.15) is 17.4 Å². The summed E-state index contributed by atoms with van der Waals surface area (Å²) in [6, 6.07) is 10.9. The van der Waals surface area contributed by atoms with Crippen LogP contribution >= 0.6 is 15.9 Å². The normalized spacial score (nSPS) is 18.2. The van der Waals surface area contributed by atoms with E-state index in [2.05, 4.69) is 21.2 Å². The van der Waals surface area contributed by atoms with Crippen molar-refractivity contribution >= 4 is 33.3 Å². The Morgan fingerprint density at radius 2 is 1.83 bits per heavy atom. The maximum atomic E-state index is 13.0. The molecule has 0 fully saturated rings. The van der Waals surface area contributed by atoms with Crippen LogP contribution in [0, 0.1) is 10.1 Å². The number of nitrogens with one attached hydrogen (secondary N) is 1. The minimum atomic E-state index is -1.31. The summed E-state index contributed by atoms with van der Waals surface area (Å²) in [6.45, 7) is 0. The predicted octanol–water partition coefficient (Wildman–Crippen LogP) is 3.33. The SMILES string of the molecule is CNC1=C([N+](=O)[O-])C(C2=C(O)c3ccccc3C(=O)C2=O)c2cc(Br)ccc2O1. The first-order chi connectivity index (χ1) is 13.8. The third kappa shape index (κ3) is 2.82. The Morgan fingerprint density at radius 3 is 2.48 bits per heavy atom. The maximum absolute atomic E-state index is 13.0. The van der Waals surface area contributed by atoms with Crippen molar-refractivity contribution in [3.8, 4) is 5.75 Å². The maximum Gasteiger partial charge on any atom is 0.317 e. The van der Waals surface area contributed by atoms with Crippen LogP contribution in [0.3, 0.4) is 0 Å². The minimum absolute atomic E-state index is 0.0562. The summed E-state index contributed by atoms with van der Waals surface area (Å²) in [7, 11) is 1.44. The van der Waals surface area contributed by atoms with Crippen molar-refractivity contribution < 1.29 is 24.4 Å². The van der Waals surface area contributed by atoms with Gasteiger partial charge in [0.25, 0.3) is 5.88 Å². The third-order valence-electron chi connectivity index (χ3n) is 4.85. The molecule has 2 aliphatic rings. The summed E-state index contributed by atoms with van der Waals surface area (Å²) in [5.41, 5.74) is -0.326. The number of ether oxygens (including phenoxy) is 1. The number of allylic oxidation sites excluding steroid dienone is 1. The van der Waals surface area contributed by atoms with Gasteiger partial charge >= 0.3 is 5.70 Å². The van der Waals surface area contributed by atoms with Gasteiger partial charge in [0.2, 0.25) is 11.6 Å². The molecule has 0 bridgehead atoms. The molecule has 1 heterocycles. The fourth-order valence-electron chi connectivity index (χ4n) is 3.59. The molecule has 4 rings (SSSR count). The number of hydrogen-bond acceptors (Lipinski definition) is 7. The lowest BCUT2D eigenvalue weighted by Crippen LogP contribution is -2.33. The van der Waals surface area contributed by atoms with Crippen molar-refractivity contribution in [2.24, 2.45) is 0 Å². The minimum Gasteiger partial charge on any atom is -0.507 e. The van der Waals surface area contributed by atoms with Gasteiger partial charge in [-0.3, -0.25) is 19.7 Å². The van der Waals surface area contributed by atoms with E-state index < -0.39 is 33.9 Å². The zero-order valence-electron chi connectivity index (χ0n) is 14.9. The Balaban J connectivity index is 2.07. The summed E-state index contributed by atoms with van der Waals surface area (Å²) in [4.78, 5) is 36.9. The van der Waals surface area contributed by atoms with Gasteiger partial charge in [0, 0.05) is 28.2 Å². The second-order valence-electron chi connectivity index (χ2n) is 6.40. The monoisotopic (exact) mass is 456 g/mol. The molecule has 0 amide bonds. The van der Waals surface area contributed by atoms with Crippen molar-refractivity contribution in [3.05, 3.63) is 90.9 Å². The average Bonchev–Trinajstić information content (AvgIpc) is 2.71. The lowest BCUT2D eigenvalue weighted by molar-refractivity contribution is -0.432. The molecule has 0 radical (unpaired) electrons. The molecule has 0 saturated carbocycles. The number of aliphatic hydroxyl groups excluding tert-OH is 1. The van der Waals surface area contributed by atoms with E-state index in [4.69, 9.17) is 4.74 Å². The number of carbonyl (C=O) groups excluding carboxylic acids is 2. The first-order valence-corrected chi connectivity index (χ1v) is 9.29. The quantitative estimate of drug-likeness (QED) is 0.412. The van der Waals surface area contributed by atoms with E-state index in [9.17, 15) is 24.8 Å². The molecule has 1 unspecified atom stereocenters. The first kappa shape index (κ1) is 18.9. The summed E-state index contributed by atoms with van der Waals surface area (Å²) < 4.78 is 6.20. The van der Waals surface area contributed by atoms with Crippen molar-refractivity contribution in [2.75, 3.05) is 7.05 Å². The molecule has 0 aromatic heterocycles. The van der Waals surface area contributed by atoms with E-state index in [0.717, 1.165) is 0 Å². The number of fused-ring (bicyclic) bond motifs is 2. The number of hydrogen-bond donors (Lipinski definition) is 2. The van der Waals surface area contributed by atoms with Gasteiger partial charge in [-0.1, -0.05) is 40.2 Å². The molecule has 146 valence electrons. The molecule has 2 aromatic rings. The van der Waals surface area contributed by atoms with Gasteiger partial charge in [0.15, 0.2) is 0 Å². The molecule has 1 atom stereocenters. The fraction of sp³-hybridized carbons (Fsp3) is 0.100. The topological polar surface area (TPSA) is 119 Å². The highest BCUT2D eigenvalue weighted by atomic mass is 79.9. The zero-order valence-corrected chi connectivity index (χ0v) is 16.5. The van der Waals surface area contributed by atoms with Crippen LogP contribution in [0.1, 0.15) is 27.4 Å². The Labute approximate surface area is 172 Å². The van der Waals surface area contributed by atoms with Crippen molar-refractivity contribution in [1.29, 1.82) is 0 Å². The zero-order chi connectivity index (χ0) is 20.9. The lowest BCUT2D eigenvalue weighted by atomic mass is 9.77. The summed E-state index contributed by atoms with van der Waals surface area (Å²) in [6.07, 6.45) is 0. The largest absolute Gasteiger partial charge is 0.507 e. The molecule has 9 heteroatoms. The number of ketones is 2. The Morgan fingerprint density at radius 1 is 1.14 bits per heavy atom. The standard InChI is InChI=1S/C20H13BrN2O6/c1-22-20-16(23(27)28)14(12-8-9(21)6-7-13(12)29-20)15-17(24)10-4-2-3-5-11(10)18(25)19(15)26/h2-8,14,22,24H,1H3. The number of rotatable bonds is 3. The van der Waals surface area contributed by atoms with Crippen LogP contribution in [0.5, 0.6) is 5.75 Å². The van der Waals surface area contributed by atoms with E-state index >= 15 is 0 Å². The van der Waals surface area contributed by atoms with E-state index in [1.807, 2.05) is 0 Å². The van der Waals surface area contributed by atoms with Gasteiger partial charge in [-0.25, -0.2) is 0 Å². The average molecular weight is 457 g/mol. The number of nitro groups is 1. The van der Waals surface area contributed by atoms with Crippen molar-refractivity contribution in [2.45, 2.75) is 5.92 Å². The number of carbonyl (C=O) groups is 2. The molecular formula is C20H13BrN2O6. The Hall–Kier alpha value is -3.46. The van der Waals surface area contributed by atoms with Crippen LogP contribution in [0.2, 0.25) is 0 Å². The highest BCUT2D eigenvalue weighted by molar-refractivity contribution is 9.10. The van der Waals surface area contributed by atoms with Gasteiger partial charge < -0.3 is 15.2 Å². The van der Waals surface area contributed by atoms with Gasteiger partial charge in [-0.05, 0) is 18.2 Å². The van der Waals surface area contributed by atoms with Crippen LogP contribution in [-0.4, -0.2) is 28.6 Å². The highest BCUT2D eigenvalue weighted by Gasteiger charge is 2.47. The second kappa shape index (κ2) is 6.85. The fourth-order valence-corrected chi connectivity index (χ4v) is 3.97. The summed E-state index contributed by atoms with van der Waals surface area (Å²) >= 11 is 3.31. The van der Waals surface area contributed by atoms with Crippen LogP contribution < -0.4 is 10.1 Å². The highest BCUT2D eigenvalue weighted by Crippen LogP contribution is 2.47. The summed E-state index contributed by atoms with van der Waals surface area (Å²) in [5, 5.41) is 25.5. The molecular weight excluding hydrogens is 444 g/mol. The second-order valence-corrected chi connectivity index (χ2v) is 7.32.